The SMILES string of the molecule is COC(=O)CN1C(=O)NCC1CCc1ccccc1-c1ccc(C(=N)N)cc1. The van der Waals surface area contributed by atoms with Crippen molar-refractivity contribution in [1.82, 2.24) is 10.2 Å². The Bertz CT molecular complexity index is 879. The summed E-state index contributed by atoms with van der Waals surface area (Å²) in [6, 6.07) is 15.4. The second-order valence-corrected chi connectivity index (χ2v) is 6.73. The molecule has 1 fully saturated rings. The molecule has 7 nitrogen and oxygen atoms in total. The first-order valence-electron chi connectivity index (χ1n) is 9.13. The number of rotatable bonds is 7. The summed E-state index contributed by atoms with van der Waals surface area (Å²) in [5.41, 5.74) is 9.54. The molecule has 1 saturated heterocycles. The summed E-state index contributed by atoms with van der Waals surface area (Å²) in [6.07, 6.45) is 1.50. The molecule has 0 bridgehead atoms. The van der Waals surface area contributed by atoms with Gasteiger partial charge in [-0.25, -0.2) is 4.79 Å². The Morgan fingerprint density at radius 1 is 1.25 bits per heavy atom. The van der Waals surface area contributed by atoms with E-state index in [9.17, 15) is 9.59 Å². The van der Waals surface area contributed by atoms with Gasteiger partial charge < -0.3 is 20.7 Å². The van der Waals surface area contributed by atoms with Gasteiger partial charge in [-0.2, -0.15) is 0 Å². The van der Waals surface area contributed by atoms with E-state index < -0.39 is 5.97 Å². The first kappa shape index (κ1) is 19.4. The standard InChI is InChI=1S/C21H24N4O3/c1-28-19(26)13-25-17(12-24-21(25)27)11-10-14-4-2-3-5-18(14)15-6-8-16(9-7-15)20(22)23/h2-9,17H,10-13H2,1H3,(H3,22,23)(H,24,27). The molecule has 0 saturated carbocycles. The fourth-order valence-electron chi connectivity index (χ4n) is 3.42. The topological polar surface area (TPSA) is 109 Å². The van der Waals surface area contributed by atoms with Gasteiger partial charge in [0, 0.05) is 12.1 Å². The fraction of sp³-hybridized carbons (Fsp3) is 0.286. The average Bonchev–Trinajstić information content (AvgIpc) is 3.06. The minimum Gasteiger partial charge on any atom is -0.468 e. The van der Waals surface area contributed by atoms with Crippen LogP contribution in [0.2, 0.25) is 0 Å². The highest BCUT2D eigenvalue weighted by Gasteiger charge is 2.32. The first-order chi connectivity index (χ1) is 13.5. The summed E-state index contributed by atoms with van der Waals surface area (Å²) in [5.74, 6) is -0.378. The highest BCUT2D eigenvalue weighted by molar-refractivity contribution is 5.95. The van der Waals surface area contributed by atoms with Crippen LogP contribution in [-0.2, 0) is 16.0 Å². The molecule has 1 atom stereocenters. The summed E-state index contributed by atoms with van der Waals surface area (Å²) in [7, 11) is 1.32. The van der Waals surface area contributed by atoms with Gasteiger partial charge in [-0.05, 0) is 29.5 Å². The number of esters is 1. The molecule has 2 aromatic carbocycles. The number of hydrogen-bond donors (Lipinski definition) is 3. The maximum atomic E-state index is 12.0. The minimum absolute atomic E-state index is 0.0405. The lowest BCUT2D eigenvalue weighted by Crippen LogP contribution is -2.39. The van der Waals surface area contributed by atoms with Crippen molar-refractivity contribution in [2.45, 2.75) is 18.9 Å². The lowest BCUT2D eigenvalue weighted by Gasteiger charge is -2.22. The Hall–Kier alpha value is -3.35. The third-order valence-electron chi connectivity index (χ3n) is 4.99. The van der Waals surface area contributed by atoms with E-state index in [2.05, 4.69) is 17.4 Å². The number of nitrogens with one attached hydrogen (secondary N) is 2. The highest BCUT2D eigenvalue weighted by Crippen LogP contribution is 2.26. The van der Waals surface area contributed by atoms with E-state index in [-0.39, 0.29) is 24.5 Å². The van der Waals surface area contributed by atoms with Gasteiger partial charge >= 0.3 is 12.0 Å². The molecule has 1 heterocycles. The molecule has 2 amide bonds. The number of aryl methyl sites for hydroxylation is 1. The number of hydrogen-bond acceptors (Lipinski definition) is 4. The van der Waals surface area contributed by atoms with Crippen LogP contribution < -0.4 is 11.1 Å². The largest absolute Gasteiger partial charge is 0.468 e. The zero-order chi connectivity index (χ0) is 20.1. The number of nitrogen functional groups attached to an aromatic ring is 1. The number of nitrogens with zero attached hydrogens (tertiary/aromatic N) is 1. The van der Waals surface area contributed by atoms with Crippen molar-refractivity contribution in [1.29, 1.82) is 5.41 Å². The van der Waals surface area contributed by atoms with Crippen LogP contribution >= 0.6 is 0 Å². The molecule has 3 rings (SSSR count). The Morgan fingerprint density at radius 2 is 1.96 bits per heavy atom. The van der Waals surface area contributed by atoms with E-state index in [1.165, 1.54) is 12.0 Å². The van der Waals surface area contributed by atoms with Gasteiger partial charge in [-0.3, -0.25) is 10.2 Å². The number of amides is 2. The molecule has 4 N–H and O–H groups in total. The number of ether oxygens (including phenoxy) is 1. The van der Waals surface area contributed by atoms with Crippen LogP contribution in [0.3, 0.4) is 0 Å². The molecule has 1 aliphatic rings. The van der Waals surface area contributed by atoms with Crippen LogP contribution in [0, 0.1) is 5.41 Å². The van der Waals surface area contributed by atoms with Gasteiger partial charge in [0.2, 0.25) is 0 Å². The monoisotopic (exact) mass is 380 g/mol. The lowest BCUT2D eigenvalue weighted by molar-refractivity contribution is -0.141. The highest BCUT2D eigenvalue weighted by atomic mass is 16.5. The summed E-state index contributed by atoms with van der Waals surface area (Å²) in [5, 5.41) is 10.3. The molecular weight excluding hydrogens is 356 g/mol. The van der Waals surface area contributed by atoms with E-state index in [0.717, 1.165) is 29.5 Å². The molecule has 0 spiro atoms. The maximum absolute atomic E-state index is 12.0. The van der Waals surface area contributed by atoms with Crippen LogP contribution in [0.1, 0.15) is 17.5 Å². The van der Waals surface area contributed by atoms with Gasteiger partial charge in [-0.1, -0.05) is 48.5 Å². The van der Waals surface area contributed by atoms with Crippen LogP contribution in [0.25, 0.3) is 11.1 Å². The molecule has 0 radical (unpaired) electrons. The van der Waals surface area contributed by atoms with Crippen LogP contribution in [0.4, 0.5) is 4.79 Å². The third-order valence-corrected chi connectivity index (χ3v) is 4.99. The summed E-state index contributed by atoms with van der Waals surface area (Å²) < 4.78 is 4.69. The number of amidine groups is 1. The normalized spacial score (nSPS) is 16.0. The summed E-state index contributed by atoms with van der Waals surface area (Å²) >= 11 is 0. The number of methoxy groups -OCH3 is 1. The molecule has 7 heteroatoms. The van der Waals surface area contributed by atoms with Crippen molar-refractivity contribution < 1.29 is 14.3 Å². The molecule has 0 aromatic heterocycles. The van der Waals surface area contributed by atoms with Crippen molar-refractivity contribution in [3.8, 4) is 11.1 Å². The molecule has 146 valence electrons. The van der Waals surface area contributed by atoms with Crippen molar-refractivity contribution >= 4 is 17.8 Å². The Morgan fingerprint density at radius 3 is 2.64 bits per heavy atom. The Labute approximate surface area is 164 Å². The smallest absolute Gasteiger partial charge is 0.325 e. The molecule has 1 aliphatic heterocycles. The summed E-state index contributed by atoms with van der Waals surface area (Å²) in [4.78, 5) is 25.1. The third kappa shape index (κ3) is 4.31. The minimum atomic E-state index is -0.423. The van der Waals surface area contributed by atoms with Crippen molar-refractivity contribution in [2.75, 3.05) is 20.2 Å². The number of urea groups is 1. The number of nitrogens with two attached hydrogens (primary N) is 1. The van der Waals surface area contributed by atoms with Crippen LogP contribution in [0.5, 0.6) is 0 Å². The van der Waals surface area contributed by atoms with E-state index >= 15 is 0 Å². The second-order valence-electron chi connectivity index (χ2n) is 6.73. The number of benzene rings is 2. The van der Waals surface area contributed by atoms with Crippen LogP contribution in [0.15, 0.2) is 48.5 Å². The first-order valence-corrected chi connectivity index (χ1v) is 9.13. The number of carbonyl (C=O) groups is 2. The van der Waals surface area contributed by atoms with Crippen molar-refractivity contribution in [3.63, 3.8) is 0 Å². The predicted octanol–water partition coefficient (Wildman–Crippen LogP) is 2.14. The van der Waals surface area contributed by atoms with Crippen molar-refractivity contribution in [2.24, 2.45) is 5.73 Å². The number of carbonyl (C=O) groups excluding carboxylic acids is 2. The maximum Gasteiger partial charge on any atom is 0.325 e. The van der Waals surface area contributed by atoms with Crippen molar-refractivity contribution in [3.05, 3.63) is 59.7 Å². The molecule has 2 aromatic rings. The second kappa shape index (κ2) is 8.56. The predicted molar refractivity (Wildman–Crippen MR) is 107 cm³/mol. The van der Waals surface area contributed by atoms with E-state index in [1.807, 2.05) is 36.4 Å². The van der Waals surface area contributed by atoms with E-state index in [0.29, 0.717) is 12.1 Å². The zero-order valence-corrected chi connectivity index (χ0v) is 15.8. The van der Waals surface area contributed by atoms with Gasteiger partial charge in [0.1, 0.15) is 12.4 Å². The summed E-state index contributed by atoms with van der Waals surface area (Å²) in [6.45, 7) is 0.479. The average molecular weight is 380 g/mol. The quantitative estimate of drug-likeness (QED) is 0.388. The molecule has 28 heavy (non-hydrogen) atoms. The Kier molecular flexibility index (Phi) is 5.93. The van der Waals surface area contributed by atoms with Gasteiger partial charge in [0.05, 0.1) is 13.2 Å². The van der Waals surface area contributed by atoms with Gasteiger partial charge in [-0.15, -0.1) is 0 Å². The van der Waals surface area contributed by atoms with Crippen LogP contribution in [-0.4, -0.2) is 49.0 Å². The molecule has 0 aliphatic carbocycles. The fourth-order valence-corrected chi connectivity index (χ4v) is 3.42. The van der Waals surface area contributed by atoms with Gasteiger partial charge in [0.25, 0.3) is 0 Å². The Balaban J connectivity index is 1.74. The lowest BCUT2D eigenvalue weighted by atomic mass is 9.94. The van der Waals surface area contributed by atoms with E-state index in [4.69, 9.17) is 15.9 Å². The molecular formula is C21H24N4O3. The van der Waals surface area contributed by atoms with Gasteiger partial charge in [0.15, 0.2) is 0 Å². The van der Waals surface area contributed by atoms with E-state index in [1.54, 1.807) is 0 Å². The molecule has 1 unspecified atom stereocenters. The zero-order valence-electron chi connectivity index (χ0n) is 15.8.